The number of benzene rings is 1. The summed E-state index contributed by atoms with van der Waals surface area (Å²) >= 11 is 0. The van der Waals surface area contributed by atoms with Crippen LogP contribution in [0, 0.1) is 0 Å². The molecule has 1 N–H and O–H groups in total. The molecular formula is C20H23N3O3. The second-order valence-electron chi connectivity index (χ2n) is 6.78. The first-order valence-electron chi connectivity index (χ1n) is 8.90. The molecule has 2 saturated heterocycles. The van der Waals surface area contributed by atoms with Gasteiger partial charge in [0.15, 0.2) is 5.60 Å². The highest BCUT2D eigenvalue weighted by Gasteiger charge is 2.54. The van der Waals surface area contributed by atoms with Gasteiger partial charge in [0.1, 0.15) is 5.75 Å². The van der Waals surface area contributed by atoms with E-state index in [0.29, 0.717) is 32.8 Å². The third-order valence-electron chi connectivity index (χ3n) is 5.29. The highest BCUT2D eigenvalue weighted by molar-refractivity contribution is 5.88. The number of nitrogens with one attached hydrogen (secondary N) is 1. The molecule has 2 fully saturated rings. The van der Waals surface area contributed by atoms with E-state index >= 15 is 0 Å². The maximum atomic E-state index is 13.4. The van der Waals surface area contributed by atoms with E-state index in [1.807, 2.05) is 47.5 Å². The maximum Gasteiger partial charge on any atom is 0.257 e. The van der Waals surface area contributed by atoms with Crippen molar-refractivity contribution in [3.63, 3.8) is 0 Å². The molecule has 26 heavy (non-hydrogen) atoms. The second kappa shape index (κ2) is 7.05. The Balaban J connectivity index is 1.57. The predicted octanol–water partition coefficient (Wildman–Crippen LogP) is 1.57. The summed E-state index contributed by atoms with van der Waals surface area (Å²) in [6.07, 6.45) is 3.58. The topological polar surface area (TPSA) is 63.7 Å². The monoisotopic (exact) mass is 353 g/mol. The Morgan fingerprint density at radius 1 is 1.35 bits per heavy atom. The SMILES string of the molecule is COc1ccc(CN2CCO[C@]3(CNC[C@@H]3c3cccnc3)C2=O)cc1. The summed E-state index contributed by atoms with van der Waals surface area (Å²) in [6.45, 7) is 2.97. The van der Waals surface area contributed by atoms with Gasteiger partial charge < -0.3 is 19.7 Å². The van der Waals surface area contributed by atoms with Crippen molar-refractivity contribution in [2.75, 3.05) is 33.4 Å². The normalized spacial score (nSPS) is 25.7. The molecule has 0 unspecified atom stereocenters. The maximum absolute atomic E-state index is 13.4. The summed E-state index contributed by atoms with van der Waals surface area (Å²) in [5.74, 6) is 0.843. The molecule has 0 bridgehead atoms. The van der Waals surface area contributed by atoms with Crippen molar-refractivity contribution in [3.8, 4) is 5.75 Å². The van der Waals surface area contributed by atoms with Crippen LogP contribution in [-0.2, 0) is 16.1 Å². The van der Waals surface area contributed by atoms with E-state index in [4.69, 9.17) is 9.47 Å². The number of methoxy groups -OCH3 is 1. The molecule has 2 aliphatic heterocycles. The Bertz CT molecular complexity index is 766. The Morgan fingerprint density at radius 2 is 2.19 bits per heavy atom. The first-order valence-corrected chi connectivity index (χ1v) is 8.90. The molecule has 0 saturated carbocycles. The molecule has 1 aromatic heterocycles. The number of ether oxygens (including phenoxy) is 2. The zero-order valence-electron chi connectivity index (χ0n) is 14.9. The third-order valence-corrected chi connectivity index (χ3v) is 5.29. The number of rotatable bonds is 4. The Kier molecular flexibility index (Phi) is 4.61. The van der Waals surface area contributed by atoms with Gasteiger partial charge in [-0.15, -0.1) is 0 Å². The van der Waals surface area contributed by atoms with Crippen LogP contribution in [0.5, 0.6) is 5.75 Å². The fourth-order valence-corrected chi connectivity index (χ4v) is 3.91. The molecule has 3 heterocycles. The molecule has 0 aliphatic carbocycles. The van der Waals surface area contributed by atoms with Crippen LogP contribution in [0.25, 0.3) is 0 Å². The largest absolute Gasteiger partial charge is 0.497 e. The summed E-state index contributed by atoms with van der Waals surface area (Å²) in [7, 11) is 1.65. The molecule has 2 atom stereocenters. The first kappa shape index (κ1) is 17.0. The summed E-state index contributed by atoms with van der Waals surface area (Å²) in [6, 6.07) is 11.8. The molecule has 2 aliphatic rings. The van der Waals surface area contributed by atoms with E-state index in [9.17, 15) is 4.79 Å². The van der Waals surface area contributed by atoms with Crippen molar-refractivity contribution in [2.45, 2.75) is 18.1 Å². The lowest BCUT2D eigenvalue weighted by Gasteiger charge is -2.42. The van der Waals surface area contributed by atoms with Crippen molar-refractivity contribution >= 4 is 5.91 Å². The van der Waals surface area contributed by atoms with Gasteiger partial charge in [-0.3, -0.25) is 9.78 Å². The lowest BCUT2D eigenvalue weighted by molar-refractivity contribution is -0.172. The van der Waals surface area contributed by atoms with Gasteiger partial charge >= 0.3 is 0 Å². The number of carbonyl (C=O) groups excluding carboxylic acids is 1. The minimum atomic E-state index is -0.840. The Labute approximate surface area is 153 Å². The molecule has 1 amide bonds. The second-order valence-corrected chi connectivity index (χ2v) is 6.78. The lowest BCUT2D eigenvalue weighted by Crippen LogP contribution is -2.59. The standard InChI is InChI=1S/C20H23N3O3/c1-25-17-6-4-15(5-7-17)13-23-9-10-26-20(19(23)24)14-22-12-18(20)16-3-2-8-21-11-16/h2-8,11,18,22H,9-10,12-14H2,1H3/t18-,20+/m1/s1. The summed E-state index contributed by atoms with van der Waals surface area (Å²) in [4.78, 5) is 19.5. The van der Waals surface area contributed by atoms with Gasteiger partial charge in [-0.2, -0.15) is 0 Å². The molecule has 6 nitrogen and oxygen atoms in total. The van der Waals surface area contributed by atoms with Crippen molar-refractivity contribution in [2.24, 2.45) is 0 Å². The van der Waals surface area contributed by atoms with Crippen LogP contribution < -0.4 is 10.1 Å². The Hall–Kier alpha value is -2.44. The fraction of sp³-hybridized carbons (Fsp3) is 0.400. The van der Waals surface area contributed by atoms with E-state index in [0.717, 1.165) is 16.9 Å². The number of hydrogen-bond donors (Lipinski definition) is 1. The zero-order valence-corrected chi connectivity index (χ0v) is 14.9. The quantitative estimate of drug-likeness (QED) is 0.904. The summed E-state index contributed by atoms with van der Waals surface area (Å²) < 4.78 is 11.3. The highest BCUT2D eigenvalue weighted by atomic mass is 16.5. The number of amides is 1. The van der Waals surface area contributed by atoms with Gasteiger partial charge in [-0.25, -0.2) is 0 Å². The number of pyridine rings is 1. The van der Waals surface area contributed by atoms with E-state index in [2.05, 4.69) is 10.3 Å². The molecule has 1 spiro atoms. The van der Waals surface area contributed by atoms with Gasteiger partial charge in [0, 0.05) is 44.5 Å². The number of morpholine rings is 1. The Morgan fingerprint density at radius 3 is 2.92 bits per heavy atom. The molecule has 4 rings (SSSR count). The van der Waals surface area contributed by atoms with E-state index in [1.54, 1.807) is 13.3 Å². The number of carbonyl (C=O) groups is 1. The van der Waals surface area contributed by atoms with Gasteiger partial charge in [0.25, 0.3) is 5.91 Å². The molecule has 6 heteroatoms. The number of aromatic nitrogens is 1. The van der Waals surface area contributed by atoms with E-state index < -0.39 is 5.60 Å². The highest BCUT2D eigenvalue weighted by Crippen LogP contribution is 2.38. The third kappa shape index (κ3) is 2.95. The lowest BCUT2D eigenvalue weighted by atomic mass is 9.83. The van der Waals surface area contributed by atoms with Crippen LogP contribution in [0.15, 0.2) is 48.8 Å². The molecule has 1 aromatic carbocycles. The summed E-state index contributed by atoms with van der Waals surface area (Å²) in [5.41, 5.74) is 1.28. The van der Waals surface area contributed by atoms with Crippen molar-refractivity contribution in [1.29, 1.82) is 0 Å². The van der Waals surface area contributed by atoms with Crippen LogP contribution in [0.3, 0.4) is 0 Å². The molecular weight excluding hydrogens is 330 g/mol. The average molecular weight is 353 g/mol. The molecule has 136 valence electrons. The van der Waals surface area contributed by atoms with Crippen molar-refractivity contribution in [3.05, 3.63) is 59.9 Å². The van der Waals surface area contributed by atoms with Crippen LogP contribution in [0.1, 0.15) is 17.0 Å². The van der Waals surface area contributed by atoms with E-state index in [1.165, 1.54) is 0 Å². The fourth-order valence-electron chi connectivity index (χ4n) is 3.91. The van der Waals surface area contributed by atoms with Crippen molar-refractivity contribution in [1.82, 2.24) is 15.2 Å². The number of nitrogens with zero attached hydrogens (tertiary/aromatic N) is 2. The van der Waals surface area contributed by atoms with Gasteiger partial charge in [-0.1, -0.05) is 18.2 Å². The zero-order chi connectivity index (χ0) is 18.0. The molecule has 2 aromatic rings. The van der Waals surface area contributed by atoms with Crippen molar-refractivity contribution < 1.29 is 14.3 Å². The van der Waals surface area contributed by atoms with Gasteiger partial charge in [-0.05, 0) is 29.3 Å². The first-order chi connectivity index (χ1) is 12.7. The molecule has 0 radical (unpaired) electrons. The predicted molar refractivity (Wildman–Crippen MR) is 96.9 cm³/mol. The average Bonchev–Trinajstić information content (AvgIpc) is 3.11. The summed E-state index contributed by atoms with van der Waals surface area (Å²) in [5, 5.41) is 3.34. The van der Waals surface area contributed by atoms with E-state index in [-0.39, 0.29) is 11.8 Å². The number of hydrogen-bond acceptors (Lipinski definition) is 5. The van der Waals surface area contributed by atoms with Gasteiger partial charge in [0.05, 0.1) is 13.7 Å². The van der Waals surface area contributed by atoms with Crippen LogP contribution in [-0.4, -0.2) is 54.7 Å². The minimum absolute atomic E-state index is 0.0256. The minimum Gasteiger partial charge on any atom is -0.497 e. The van der Waals surface area contributed by atoms with Gasteiger partial charge in [0.2, 0.25) is 0 Å². The smallest absolute Gasteiger partial charge is 0.257 e. The van der Waals surface area contributed by atoms with Crippen LogP contribution >= 0.6 is 0 Å². The van der Waals surface area contributed by atoms with Crippen LogP contribution in [0.2, 0.25) is 0 Å². The van der Waals surface area contributed by atoms with Crippen LogP contribution in [0.4, 0.5) is 0 Å².